The van der Waals surface area contributed by atoms with E-state index in [2.05, 4.69) is 10.2 Å². The van der Waals surface area contributed by atoms with Crippen LogP contribution in [0.5, 0.6) is 0 Å². The normalized spacial score (nSPS) is 22.0. The summed E-state index contributed by atoms with van der Waals surface area (Å²) in [5.74, 6) is -1.53. The molecule has 2 heterocycles. The van der Waals surface area contributed by atoms with E-state index in [0.717, 1.165) is 56.1 Å². The molecule has 2 aromatic carbocycles. The zero-order valence-electron chi connectivity index (χ0n) is 27.8. The Morgan fingerprint density at radius 3 is 2.44 bits per heavy atom. The average Bonchev–Trinajstić information content (AvgIpc) is 3.76. The highest BCUT2D eigenvalue weighted by molar-refractivity contribution is 6.34. The molecule has 0 bridgehead atoms. The minimum atomic E-state index is -1.12. The number of nitrogens with one attached hydrogen (secondary N) is 1. The lowest BCUT2D eigenvalue weighted by Gasteiger charge is -2.42. The fraction of sp³-hybridized carbons (Fsp3) is 0.541. The van der Waals surface area contributed by atoms with Gasteiger partial charge in [-0.2, -0.15) is 0 Å². The standard InChI is InChI=1S/C37H45ClFN3O6/c1-41-23-28(27-10-4-5-11-32(27)41)34(44)40-31-22-30(39)25(20-29(31)38)21-33(43)37(16-6-3-7-17-37)48-36(42-18-8-9-19-42)47-26-14-12-24(13-15-26)35(45)46-2/h4-5,10-11,20,22-24,26,36H,3,6-9,12-19,21H2,1-2H3,(H,40,44). The number of Topliss-reactive ketones (excluding diaryl/α,β-unsaturated/α-hetero) is 1. The number of fused-ring (bicyclic) bond motifs is 1. The predicted molar refractivity (Wildman–Crippen MR) is 181 cm³/mol. The van der Waals surface area contributed by atoms with Gasteiger partial charge in [0.25, 0.3) is 5.91 Å². The minimum Gasteiger partial charge on any atom is -0.469 e. The number of hydrogen-bond donors (Lipinski definition) is 1. The summed E-state index contributed by atoms with van der Waals surface area (Å²) < 4.78 is 35.8. The van der Waals surface area contributed by atoms with Crippen molar-refractivity contribution in [2.24, 2.45) is 13.0 Å². The average molecular weight is 682 g/mol. The molecular weight excluding hydrogens is 637 g/mol. The largest absolute Gasteiger partial charge is 0.469 e. The molecule has 1 aliphatic heterocycles. The molecule has 1 N–H and O–H groups in total. The van der Waals surface area contributed by atoms with Gasteiger partial charge in [0, 0.05) is 43.7 Å². The van der Waals surface area contributed by atoms with Crippen LogP contribution in [0.1, 0.15) is 86.6 Å². The molecule has 1 saturated heterocycles. The first kappa shape index (κ1) is 34.5. The Morgan fingerprint density at radius 1 is 1.02 bits per heavy atom. The van der Waals surface area contributed by atoms with Crippen LogP contribution in [0.2, 0.25) is 5.02 Å². The zero-order chi connectivity index (χ0) is 33.8. The highest BCUT2D eigenvalue weighted by Gasteiger charge is 2.45. The molecule has 3 aromatic rings. The van der Waals surface area contributed by atoms with Crippen LogP contribution in [0.4, 0.5) is 10.1 Å². The smallest absolute Gasteiger partial charge is 0.308 e. The number of halogens is 2. The van der Waals surface area contributed by atoms with E-state index in [1.165, 1.54) is 19.2 Å². The molecule has 258 valence electrons. The second-order valence-corrected chi connectivity index (χ2v) is 13.9. The summed E-state index contributed by atoms with van der Waals surface area (Å²) in [5, 5.41) is 3.67. The van der Waals surface area contributed by atoms with Gasteiger partial charge in [-0.05, 0) is 75.1 Å². The number of esters is 1. The molecule has 2 saturated carbocycles. The molecule has 1 aromatic heterocycles. The summed E-state index contributed by atoms with van der Waals surface area (Å²) >= 11 is 6.59. The van der Waals surface area contributed by atoms with Gasteiger partial charge in [-0.15, -0.1) is 0 Å². The topological polar surface area (TPSA) is 99.1 Å². The summed E-state index contributed by atoms with van der Waals surface area (Å²) in [6.07, 6.45) is 9.28. The third-order valence-electron chi connectivity index (χ3n) is 10.3. The SMILES string of the molecule is COC(=O)C1CCC(OC(OC2(C(=O)Cc3cc(Cl)c(NC(=O)c4cn(C)c5ccccc45)cc3F)CCCCC2)N2CCCC2)CC1. The summed E-state index contributed by atoms with van der Waals surface area (Å²) in [6.45, 7) is 1.62. The molecule has 11 heteroatoms. The summed E-state index contributed by atoms with van der Waals surface area (Å²) in [7, 11) is 3.28. The number of ether oxygens (including phenoxy) is 3. The lowest BCUT2D eigenvalue weighted by molar-refractivity contribution is -0.287. The maximum atomic E-state index is 15.7. The van der Waals surface area contributed by atoms with Crippen molar-refractivity contribution in [3.05, 3.63) is 64.6 Å². The van der Waals surface area contributed by atoms with Crippen molar-refractivity contribution in [1.82, 2.24) is 9.47 Å². The second-order valence-electron chi connectivity index (χ2n) is 13.5. The molecule has 9 nitrogen and oxygen atoms in total. The summed E-state index contributed by atoms with van der Waals surface area (Å²) in [4.78, 5) is 41.6. The molecule has 1 amide bonds. The first-order valence-corrected chi connectivity index (χ1v) is 17.6. The van der Waals surface area contributed by atoms with Crippen LogP contribution in [0.3, 0.4) is 0 Å². The Labute approximate surface area is 286 Å². The van der Waals surface area contributed by atoms with E-state index in [0.29, 0.717) is 44.1 Å². The van der Waals surface area contributed by atoms with E-state index in [1.807, 2.05) is 35.9 Å². The van der Waals surface area contributed by atoms with Crippen LogP contribution < -0.4 is 5.32 Å². The van der Waals surface area contributed by atoms with Crippen molar-refractivity contribution in [1.29, 1.82) is 0 Å². The van der Waals surface area contributed by atoms with Crippen molar-refractivity contribution < 1.29 is 33.0 Å². The first-order valence-electron chi connectivity index (χ1n) is 17.2. The van der Waals surface area contributed by atoms with Gasteiger partial charge in [0.05, 0.1) is 35.4 Å². The molecule has 0 radical (unpaired) electrons. The van der Waals surface area contributed by atoms with Crippen molar-refractivity contribution >= 4 is 45.9 Å². The van der Waals surface area contributed by atoms with Crippen LogP contribution in [-0.2, 0) is 37.3 Å². The molecule has 1 atom stereocenters. The number of carbonyl (C=O) groups is 3. The highest BCUT2D eigenvalue weighted by Crippen LogP contribution is 2.38. The molecular formula is C37H45ClFN3O6. The van der Waals surface area contributed by atoms with Gasteiger partial charge in [-0.3, -0.25) is 19.3 Å². The van der Waals surface area contributed by atoms with Gasteiger partial charge in [-0.25, -0.2) is 4.39 Å². The van der Waals surface area contributed by atoms with E-state index >= 15 is 4.39 Å². The molecule has 48 heavy (non-hydrogen) atoms. The first-order chi connectivity index (χ1) is 23.2. The quantitative estimate of drug-likeness (QED) is 0.169. The predicted octanol–water partition coefficient (Wildman–Crippen LogP) is 7.18. The van der Waals surface area contributed by atoms with E-state index in [1.54, 1.807) is 6.20 Å². The number of anilines is 1. The lowest BCUT2D eigenvalue weighted by Crippen LogP contribution is -2.52. The van der Waals surface area contributed by atoms with Crippen LogP contribution in [0.25, 0.3) is 10.9 Å². The summed E-state index contributed by atoms with van der Waals surface area (Å²) in [5.41, 5.74) is 0.523. The van der Waals surface area contributed by atoms with Gasteiger partial charge in [0.1, 0.15) is 11.4 Å². The highest BCUT2D eigenvalue weighted by atomic mass is 35.5. The number of carbonyl (C=O) groups excluding carboxylic acids is 3. The number of methoxy groups -OCH3 is 1. The molecule has 6 rings (SSSR count). The fourth-order valence-electron chi connectivity index (χ4n) is 7.55. The number of benzene rings is 2. The lowest BCUT2D eigenvalue weighted by atomic mass is 9.79. The Morgan fingerprint density at radius 2 is 1.73 bits per heavy atom. The van der Waals surface area contributed by atoms with Gasteiger partial charge in [-0.1, -0.05) is 49.1 Å². The van der Waals surface area contributed by atoms with E-state index in [-0.39, 0.29) is 46.5 Å². The fourth-order valence-corrected chi connectivity index (χ4v) is 7.78. The zero-order valence-corrected chi connectivity index (χ0v) is 28.5. The molecule has 1 unspecified atom stereocenters. The number of para-hydroxylation sites is 1. The number of nitrogens with zero attached hydrogens (tertiary/aromatic N) is 2. The third-order valence-corrected chi connectivity index (χ3v) is 10.6. The monoisotopic (exact) mass is 681 g/mol. The Bertz CT molecular complexity index is 1640. The van der Waals surface area contributed by atoms with Crippen LogP contribution in [-0.4, -0.2) is 65.4 Å². The Kier molecular flexibility index (Phi) is 10.8. The molecule has 2 aliphatic carbocycles. The van der Waals surface area contributed by atoms with Crippen molar-refractivity contribution in [2.75, 3.05) is 25.5 Å². The maximum Gasteiger partial charge on any atom is 0.308 e. The molecule has 3 fully saturated rings. The summed E-state index contributed by atoms with van der Waals surface area (Å²) in [6, 6.07) is 10.2. The van der Waals surface area contributed by atoms with Crippen molar-refractivity contribution in [3.63, 3.8) is 0 Å². The molecule has 3 aliphatic rings. The second kappa shape index (κ2) is 15.1. The Balaban J connectivity index is 1.17. The van der Waals surface area contributed by atoms with Crippen molar-refractivity contribution in [3.8, 4) is 0 Å². The maximum absolute atomic E-state index is 15.7. The number of aromatic nitrogens is 1. The van der Waals surface area contributed by atoms with Crippen molar-refractivity contribution in [2.45, 2.75) is 95.2 Å². The van der Waals surface area contributed by atoms with Gasteiger partial charge in [0.15, 0.2) is 5.78 Å². The van der Waals surface area contributed by atoms with E-state index in [9.17, 15) is 14.4 Å². The van der Waals surface area contributed by atoms with E-state index in [4.69, 9.17) is 25.8 Å². The number of rotatable bonds is 11. The minimum absolute atomic E-state index is 0.0971. The molecule has 0 spiro atoms. The van der Waals surface area contributed by atoms with Crippen LogP contribution in [0, 0.1) is 11.7 Å². The number of hydrogen-bond acceptors (Lipinski definition) is 7. The van der Waals surface area contributed by atoms with E-state index < -0.39 is 23.7 Å². The van der Waals surface area contributed by atoms with Crippen LogP contribution >= 0.6 is 11.6 Å². The van der Waals surface area contributed by atoms with Gasteiger partial charge >= 0.3 is 5.97 Å². The third kappa shape index (κ3) is 7.47. The van der Waals surface area contributed by atoms with Gasteiger partial charge < -0.3 is 24.1 Å². The number of likely N-dealkylation sites (tertiary alicyclic amines) is 1. The van der Waals surface area contributed by atoms with Gasteiger partial charge in [0.2, 0.25) is 6.41 Å². The number of ketones is 1. The number of aryl methyl sites for hydroxylation is 1. The van der Waals surface area contributed by atoms with Crippen LogP contribution in [0.15, 0.2) is 42.6 Å². The Hall–Kier alpha value is -3.31. The number of amides is 1.